The van der Waals surface area contributed by atoms with Crippen LogP contribution in [0.4, 0.5) is 10.5 Å². The first-order valence-electron chi connectivity index (χ1n) is 14.8. The lowest BCUT2D eigenvalue weighted by Gasteiger charge is -2.32. The van der Waals surface area contributed by atoms with E-state index in [0.717, 1.165) is 48.9 Å². The van der Waals surface area contributed by atoms with Crippen molar-refractivity contribution in [2.24, 2.45) is 11.8 Å². The van der Waals surface area contributed by atoms with Gasteiger partial charge < -0.3 is 24.4 Å². The summed E-state index contributed by atoms with van der Waals surface area (Å²) in [4.78, 5) is 30.2. The molecule has 3 atom stereocenters. The van der Waals surface area contributed by atoms with E-state index in [0.29, 0.717) is 36.4 Å². The third kappa shape index (κ3) is 5.68. The van der Waals surface area contributed by atoms with Gasteiger partial charge in [-0.25, -0.2) is 14.3 Å². The lowest BCUT2D eigenvalue weighted by Crippen LogP contribution is -2.39. The van der Waals surface area contributed by atoms with E-state index in [9.17, 15) is 9.59 Å². The van der Waals surface area contributed by atoms with Crippen LogP contribution in [0, 0.1) is 11.8 Å². The number of carbonyl (C=O) groups is 2. The van der Waals surface area contributed by atoms with E-state index in [1.165, 1.54) is 0 Å². The molecule has 222 valence electrons. The number of nitrogens with zero attached hydrogens (tertiary/aromatic N) is 4. The van der Waals surface area contributed by atoms with E-state index in [4.69, 9.17) is 19.3 Å². The van der Waals surface area contributed by atoms with Crippen LogP contribution in [0.3, 0.4) is 0 Å². The van der Waals surface area contributed by atoms with Gasteiger partial charge in [-0.05, 0) is 82.3 Å². The van der Waals surface area contributed by atoms with Gasteiger partial charge in [0, 0.05) is 32.7 Å². The van der Waals surface area contributed by atoms with Gasteiger partial charge in [-0.1, -0.05) is 18.2 Å². The average Bonchev–Trinajstić information content (AvgIpc) is 3.65. The zero-order chi connectivity index (χ0) is 29.4. The molecule has 1 amide bonds. The second-order valence-corrected chi connectivity index (χ2v) is 12.2. The summed E-state index contributed by atoms with van der Waals surface area (Å²) in [5.74, 6) is 1.82. The standard InChI is InChI=1S/C32H39N5O5/c1-5-40-30(38)29-28-27(34-37(29)23-11-13-25(14-12-23)41-24-9-7-6-8-10-24)26(15-16-33-28)35-17-21-19-36(20-22(21)18-35)31(39)42-32(2,3)4/h6-14,21-22,26,33H,5,15-20H2,1-4H3/t21-,22+,26?. The number of amides is 1. The molecule has 0 radical (unpaired) electrons. The molecule has 0 saturated carbocycles. The number of fused-ring (bicyclic) bond motifs is 2. The maximum absolute atomic E-state index is 13.3. The van der Waals surface area contributed by atoms with Gasteiger partial charge in [-0.15, -0.1) is 0 Å². The van der Waals surface area contributed by atoms with Crippen LogP contribution in [0.5, 0.6) is 11.5 Å². The molecule has 1 aromatic heterocycles. The first-order valence-corrected chi connectivity index (χ1v) is 14.8. The Morgan fingerprint density at radius 3 is 2.26 bits per heavy atom. The molecule has 6 rings (SSSR count). The summed E-state index contributed by atoms with van der Waals surface area (Å²) in [6, 6.07) is 17.2. The van der Waals surface area contributed by atoms with Crippen LogP contribution < -0.4 is 10.1 Å². The lowest BCUT2D eigenvalue weighted by molar-refractivity contribution is 0.0270. The third-order valence-electron chi connectivity index (χ3n) is 8.08. The monoisotopic (exact) mass is 573 g/mol. The van der Waals surface area contributed by atoms with Gasteiger partial charge in [-0.2, -0.15) is 5.10 Å². The van der Waals surface area contributed by atoms with E-state index in [1.54, 1.807) is 11.6 Å². The van der Waals surface area contributed by atoms with Crippen molar-refractivity contribution in [2.75, 3.05) is 44.6 Å². The summed E-state index contributed by atoms with van der Waals surface area (Å²) in [5, 5.41) is 8.48. The fourth-order valence-electron chi connectivity index (χ4n) is 6.28. The number of benzene rings is 2. The van der Waals surface area contributed by atoms with Crippen LogP contribution in [0.1, 0.15) is 56.3 Å². The Balaban J connectivity index is 1.23. The molecule has 0 aliphatic carbocycles. The Hall–Kier alpha value is -4.05. The maximum atomic E-state index is 13.3. The van der Waals surface area contributed by atoms with Crippen molar-refractivity contribution in [2.45, 2.75) is 45.8 Å². The molecule has 10 heteroatoms. The van der Waals surface area contributed by atoms with Crippen molar-refractivity contribution in [1.82, 2.24) is 19.6 Å². The van der Waals surface area contributed by atoms with Crippen LogP contribution in [-0.2, 0) is 9.47 Å². The molecule has 3 aromatic rings. The summed E-state index contributed by atoms with van der Waals surface area (Å²) in [5.41, 5.74) is 2.25. The molecule has 1 N–H and O–H groups in total. The van der Waals surface area contributed by atoms with Gasteiger partial charge in [0.1, 0.15) is 22.8 Å². The molecule has 3 aliphatic rings. The number of aromatic nitrogens is 2. The van der Waals surface area contributed by atoms with Crippen LogP contribution in [0.25, 0.3) is 5.69 Å². The molecule has 0 spiro atoms. The minimum absolute atomic E-state index is 0.0666. The summed E-state index contributed by atoms with van der Waals surface area (Å²) < 4.78 is 18.8. The molecule has 2 saturated heterocycles. The van der Waals surface area contributed by atoms with Crippen molar-refractivity contribution in [1.29, 1.82) is 0 Å². The van der Waals surface area contributed by atoms with Crippen LogP contribution >= 0.6 is 0 Å². The number of ether oxygens (including phenoxy) is 3. The number of likely N-dealkylation sites (tertiary alicyclic amines) is 2. The van der Waals surface area contributed by atoms with Gasteiger partial charge in [0.2, 0.25) is 0 Å². The zero-order valence-corrected chi connectivity index (χ0v) is 24.7. The minimum Gasteiger partial charge on any atom is -0.461 e. The number of rotatable bonds is 6. The second-order valence-electron chi connectivity index (χ2n) is 12.2. The molecular weight excluding hydrogens is 534 g/mol. The van der Waals surface area contributed by atoms with E-state index >= 15 is 0 Å². The van der Waals surface area contributed by atoms with Crippen molar-refractivity contribution in [3.8, 4) is 17.2 Å². The Kier molecular flexibility index (Phi) is 7.57. The van der Waals surface area contributed by atoms with Crippen LogP contribution in [0.2, 0.25) is 0 Å². The molecule has 1 unspecified atom stereocenters. The predicted molar refractivity (Wildman–Crippen MR) is 158 cm³/mol. The van der Waals surface area contributed by atoms with E-state index in [1.807, 2.05) is 80.3 Å². The van der Waals surface area contributed by atoms with Gasteiger partial charge in [-0.3, -0.25) is 4.90 Å². The molecule has 3 aliphatic heterocycles. The molecule has 2 fully saturated rings. The second kappa shape index (κ2) is 11.3. The van der Waals surface area contributed by atoms with Crippen molar-refractivity contribution >= 4 is 17.7 Å². The van der Waals surface area contributed by atoms with Gasteiger partial charge >= 0.3 is 12.1 Å². The third-order valence-corrected chi connectivity index (χ3v) is 8.08. The average molecular weight is 574 g/mol. The van der Waals surface area contributed by atoms with Gasteiger partial charge in [0.15, 0.2) is 5.69 Å². The molecule has 0 bridgehead atoms. The largest absolute Gasteiger partial charge is 0.461 e. The van der Waals surface area contributed by atoms with Crippen molar-refractivity contribution in [3.05, 3.63) is 66.0 Å². The highest BCUT2D eigenvalue weighted by Crippen LogP contribution is 2.42. The molecule has 2 aromatic carbocycles. The molecule has 42 heavy (non-hydrogen) atoms. The highest BCUT2D eigenvalue weighted by atomic mass is 16.6. The number of hydrogen-bond donors (Lipinski definition) is 1. The molecule has 4 heterocycles. The number of para-hydroxylation sites is 1. The topological polar surface area (TPSA) is 98.2 Å². The zero-order valence-electron chi connectivity index (χ0n) is 24.7. The number of nitrogens with one attached hydrogen (secondary N) is 1. The normalized spacial score (nSPS) is 21.8. The van der Waals surface area contributed by atoms with Crippen LogP contribution in [0.15, 0.2) is 54.6 Å². The quantitative estimate of drug-likeness (QED) is 0.386. The first kappa shape index (κ1) is 28.1. The number of carbonyl (C=O) groups excluding carboxylic acids is 2. The lowest BCUT2D eigenvalue weighted by atomic mass is 10.0. The molecular formula is C32H39N5O5. The fourth-order valence-corrected chi connectivity index (χ4v) is 6.28. The van der Waals surface area contributed by atoms with E-state index < -0.39 is 11.6 Å². The predicted octanol–water partition coefficient (Wildman–Crippen LogP) is 5.50. The highest BCUT2D eigenvalue weighted by molar-refractivity contribution is 5.95. The Morgan fingerprint density at radius 1 is 0.952 bits per heavy atom. The first-order chi connectivity index (χ1) is 20.2. The number of esters is 1. The fraction of sp³-hybridized carbons (Fsp3) is 0.469. The summed E-state index contributed by atoms with van der Waals surface area (Å²) in [6.45, 7) is 11.7. The minimum atomic E-state index is -0.503. The smallest absolute Gasteiger partial charge is 0.410 e. The van der Waals surface area contributed by atoms with Gasteiger partial charge in [0.25, 0.3) is 0 Å². The van der Waals surface area contributed by atoms with Gasteiger partial charge in [0.05, 0.1) is 24.0 Å². The maximum Gasteiger partial charge on any atom is 0.410 e. The Morgan fingerprint density at radius 2 is 1.62 bits per heavy atom. The summed E-state index contributed by atoms with van der Waals surface area (Å²) in [6.07, 6.45) is 0.649. The number of hydrogen-bond acceptors (Lipinski definition) is 8. The Labute approximate surface area is 246 Å². The van der Waals surface area contributed by atoms with Crippen molar-refractivity contribution in [3.63, 3.8) is 0 Å². The number of anilines is 1. The summed E-state index contributed by atoms with van der Waals surface area (Å²) >= 11 is 0. The van der Waals surface area contributed by atoms with E-state index in [2.05, 4.69) is 10.2 Å². The van der Waals surface area contributed by atoms with Crippen molar-refractivity contribution < 1.29 is 23.8 Å². The van der Waals surface area contributed by atoms with E-state index in [-0.39, 0.29) is 18.7 Å². The summed E-state index contributed by atoms with van der Waals surface area (Å²) in [7, 11) is 0. The highest BCUT2D eigenvalue weighted by Gasteiger charge is 2.46. The van der Waals surface area contributed by atoms with Crippen LogP contribution in [-0.4, -0.2) is 76.6 Å². The SMILES string of the molecule is CCOC(=O)c1c2c(nn1-c1ccc(Oc3ccccc3)cc1)C(N1C[C@H]3CN(C(=O)OC(C)(C)C)C[C@H]3C1)CCN2. The molecule has 10 nitrogen and oxygen atoms in total. The Bertz CT molecular complexity index is 1420.